The predicted octanol–water partition coefficient (Wildman–Crippen LogP) is 2.48. The molecule has 1 aliphatic heterocycles. The van der Waals surface area contributed by atoms with Crippen molar-refractivity contribution < 1.29 is 18.7 Å². The lowest BCUT2D eigenvalue weighted by Crippen LogP contribution is -2.44. The number of urea groups is 1. The van der Waals surface area contributed by atoms with E-state index in [4.69, 9.17) is 4.74 Å². The molecule has 1 rings (SSSR count). The summed E-state index contributed by atoms with van der Waals surface area (Å²) in [5, 5.41) is 2.45. The molecule has 20 heavy (non-hydrogen) atoms. The van der Waals surface area contributed by atoms with E-state index in [0.29, 0.717) is 12.7 Å². The van der Waals surface area contributed by atoms with Gasteiger partial charge in [0, 0.05) is 19.2 Å². The standard InChI is InChI=1S/C12H19FN2O3.C2H6/c1-3-10-7-9(8-13)11(18-10)15(5-4-6-16)12(17)14-2;1-2/h4-6,9-11H,3,7-8H2,1-2H3,(H,14,17);1-2H3/b5-4-;. The Morgan fingerprint density at radius 2 is 2.15 bits per heavy atom. The summed E-state index contributed by atoms with van der Waals surface area (Å²) in [6, 6.07) is -0.423. The lowest BCUT2D eigenvalue weighted by molar-refractivity contribution is -0.104. The van der Waals surface area contributed by atoms with Crippen LogP contribution in [0.5, 0.6) is 0 Å². The molecule has 0 aromatic carbocycles. The van der Waals surface area contributed by atoms with Gasteiger partial charge in [0.2, 0.25) is 0 Å². The largest absolute Gasteiger partial charge is 0.354 e. The molecule has 0 spiro atoms. The van der Waals surface area contributed by atoms with Crippen LogP contribution in [0.4, 0.5) is 9.18 Å². The van der Waals surface area contributed by atoms with Gasteiger partial charge in [0.25, 0.3) is 0 Å². The lowest BCUT2D eigenvalue weighted by Gasteiger charge is -2.27. The van der Waals surface area contributed by atoms with Gasteiger partial charge in [-0.3, -0.25) is 14.1 Å². The Kier molecular flexibility index (Phi) is 9.63. The number of hydrogen-bond donors (Lipinski definition) is 1. The third-order valence-corrected chi connectivity index (χ3v) is 3.00. The molecule has 1 fully saturated rings. The zero-order chi connectivity index (χ0) is 15.5. The smallest absolute Gasteiger partial charge is 0.323 e. The molecule has 0 aromatic heterocycles. The topological polar surface area (TPSA) is 58.6 Å². The highest BCUT2D eigenvalue weighted by atomic mass is 19.1. The Morgan fingerprint density at radius 1 is 1.50 bits per heavy atom. The van der Waals surface area contributed by atoms with E-state index in [0.717, 1.165) is 6.42 Å². The van der Waals surface area contributed by atoms with Crippen molar-refractivity contribution in [3.63, 3.8) is 0 Å². The second kappa shape index (κ2) is 10.4. The van der Waals surface area contributed by atoms with Crippen LogP contribution in [-0.4, -0.2) is 43.3 Å². The minimum atomic E-state index is -0.656. The molecule has 1 aliphatic rings. The van der Waals surface area contributed by atoms with Gasteiger partial charge in [-0.15, -0.1) is 0 Å². The third kappa shape index (κ3) is 4.92. The third-order valence-electron chi connectivity index (χ3n) is 3.00. The Morgan fingerprint density at radius 3 is 2.60 bits per heavy atom. The van der Waals surface area contributed by atoms with Crippen LogP contribution in [0.2, 0.25) is 0 Å². The van der Waals surface area contributed by atoms with Gasteiger partial charge in [-0.25, -0.2) is 4.79 Å². The van der Waals surface area contributed by atoms with Gasteiger partial charge in [-0.05, 0) is 18.9 Å². The molecule has 3 atom stereocenters. The summed E-state index contributed by atoms with van der Waals surface area (Å²) in [4.78, 5) is 23.3. The van der Waals surface area contributed by atoms with Crippen LogP contribution in [0.15, 0.2) is 12.3 Å². The molecule has 1 saturated heterocycles. The maximum Gasteiger partial charge on any atom is 0.323 e. The quantitative estimate of drug-likeness (QED) is 0.624. The molecule has 3 unspecified atom stereocenters. The molecule has 6 heteroatoms. The number of carbonyl (C=O) groups excluding carboxylic acids is 2. The van der Waals surface area contributed by atoms with E-state index >= 15 is 0 Å². The monoisotopic (exact) mass is 288 g/mol. The number of alkyl halides is 1. The number of carbonyl (C=O) groups is 2. The second-order valence-electron chi connectivity index (χ2n) is 4.15. The van der Waals surface area contributed by atoms with Crippen LogP contribution in [0.3, 0.4) is 0 Å². The normalized spacial score (nSPS) is 24.9. The average Bonchev–Trinajstić information content (AvgIpc) is 2.92. The van der Waals surface area contributed by atoms with E-state index in [-0.39, 0.29) is 12.0 Å². The lowest BCUT2D eigenvalue weighted by atomic mass is 10.0. The molecule has 2 amide bonds. The maximum atomic E-state index is 13.0. The van der Waals surface area contributed by atoms with Gasteiger partial charge < -0.3 is 10.1 Å². The molecule has 116 valence electrons. The first-order valence-electron chi connectivity index (χ1n) is 7.01. The van der Waals surface area contributed by atoms with E-state index < -0.39 is 18.9 Å². The van der Waals surface area contributed by atoms with Crippen molar-refractivity contribution >= 4 is 12.3 Å². The van der Waals surface area contributed by atoms with Crippen LogP contribution in [-0.2, 0) is 9.53 Å². The number of nitrogens with one attached hydrogen (secondary N) is 1. The fraction of sp³-hybridized carbons (Fsp3) is 0.714. The van der Waals surface area contributed by atoms with Crippen LogP contribution >= 0.6 is 0 Å². The molecule has 0 bridgehead atoms. The number of amides is 2. The molecule has 0 saturated carbocycles. The van der Waals surface area contributed by atoms with Crippen molar-refractivity contribution in [3.05, 3.63) is 12.3 Å². The average molecular weight is 288 g/mol. The maximum absolute atomic E-state index is 13.0. The van der Waals surface area contributed by atoms with Crippen molar-refractivity contribution in [1.29, 1.82) is 0 Å². The van der Waals surface area contributed by atoms with Crippen molar-refractivity contribution in [2.75, 3.05) is 13.7 Å². The van der Waals surface area contributed by atoms with Crippen molar-refractivity contribution in [3.8, 4) is 0 Å². The zero-order valence-corrected chi connectivity index (χ0v) is 12.6. The molecular formula is C14H25FN2O3. The van der Waals surface area contributed by atoms with E-state index in [1.165, 1.54) is 24.2 Å². The minimum Gasteiger partial charge on any atom is -0.354 e. The summed E-state index contributed by atoms with van der Waals surface area (Å²) in [6.07, 6.45) is 3.71. The highest BCUT2D eigenvalue weighted by Gasteiger charge is 2.39. The summed E-state index contributed by atoms with van der Waals surface area (Å²) >= 11 is 0. The summed E-state index contributed by atoms with van der Waals surface area (Å²) in [5.41, 5.74) is 0. The highest BCUT2D eigenvalue weighted by molar-refractivity contribution is 5.76. The van der Waals surface area contributed by atoms with E-state index in [2.05, 4.69) is 5.32 Å². The molecular weight excluding hydrogens is 263 g/mol. The Bertz CT molecular complexity index is 324. The Hall–Kier alpha value is -1.43. The fourth-order valence-electron chi connectivity index (χ4n) is 2.04. The highest BCUT2D eigenvalue weighted by Crippen LogP contribution is 2.31. The van der Waals surface area contributed by atoms with Crippen molar-refractivity contribution in [2.24, 2.45) is 5.92 Å². The van der Waals surface area contributed by atoms with Crippen molar-refractivity contribution in [1.82, 2.24) is 10.2 Å². The van der Waals surface area contributed by atoms with Gasteiger partial charge in [0.05, 0.1) is 12.8 Å². The number of halogens is 1. The van der Waals surface area contributed by atoms with E-state index in [1.807, 2.05) is 20.8 Å². The molecule has 1 N–H and O–H groups in total. The Labute approximate surface area is 120 Å². The summed E-state index contributed by atoms with van der Waals surface area (Å²) in [7, 11) is 1.47. The predicted molar refractivity (Wildman–Crippen MR) is 75.9 cm³/mol. The number of hydrogen-bond acceptors (Lipinski definition) is 3. The number of allylic oxidation sites excluding steroid dienone is 1. The zero-order valence-electron chi connectivity index (χ0n) is 12.6. The van der Waals surface area contributed by atoms with Gasteiger partial charge in [0.15, 0.2) is 0 Å². The minimum absolute atomic E-state index is 0.0486. The first-order chi connectivity index (χ1) is 9.67. The van der Waals surface area contributed by atoms with Crippen LogP contribution < -0.4 is 5.32 Å². The molecule has 0 aromatic rings. The van der Waals surface area contributed by atoms with Crippen LogP contribution in [0.1, 0.15) is 33.6 Å². The first kappa shape index (κ1) is 18.6. The Balaban J connectivity index is 0.00000172. The summed E-state index contributed by atoms with van der Waals surface area (Å²) in [6.45, 7) is 5.40. The van der Waals surface area contributed by atoms with E-state index in [1.54, 1.807) is 0 Å². The SMILES string of the molecule is CC.CCC1CC(CF)C(N(/C=C\C=O)C(=O)NC)O1. The second-order valence-corrected chi connectivity index (χ2v) is 4.15. The fourth-order valence-corrected chi connectivity index (χ4v) is 2.04. The number of aldehydes is 1. The van der Waals surface area contributed by atoms with Crippen LogP contribution in [0, 0.1) is 5.92 Å². The number of ether oxygens (including phenoxy) is 1. The van der Waals surface area contributed by atoms with Crippen molar-refractivity contribution in [2.45, 2.75) is 45.9 Å². The molecule has 0 radical (unpaired) electrons. The number of nitrogens with zero attached hydrogens (tertiary/aromatic N) is 1. The summed E-state index contributed by atoms with van der Waals surface area (Å²) in [5.74, 6) is -0.358. The summed E-state index contributed by atoms with van der Waals surface area (Å²) < 4.78 is 18.6. The number of rotatable bonds is 5. The van der Waals surface area contributed by atoms with Gasteiger partial charge in [0.1, 0.15) is 12.5 Å². The molecule has 1 heterocycles. The van der Waals surface area contributed by atoms with Gasteiger partial charge in [-0.1, -0.05) is 20.8 Å². The first-order valence-corrected chi connectivity index (χ1v) is 7.01. The van der Waals surface area contributed by atoms with Gasteiger partial charge >= 0.3 is 6.03 Å². The van der Waals surface area contributed by atoms with E-state index in [9.17, 15) is 14.0 Å². The molecule has 0 aliphatic carbocycles. The van der Waals surface area contributed by atoms with Crippen LogP contribution in [0.25, 0.3) is 0 Å². The van der Waals surface area contributed by atoms with Gasteiger partial charge in [-0.2, -0.15) is 0 Å². The molecule has 5 nitrogen and oxygen atoms in total.